The predicted octanol–water partition coefficient (Wildman–Crippen LogP) is 6.81. The van der Waals surface area contributed by atoms with Gasteiger partial charge in [-0.25, -0.2) is 9.67 Å². The van der Waals surface area contributed by atoms with Gasteiger partial charge in [0.1, 0.15) is 18.3 Å². The molecule has 1 atom stereocenters. The number of hydrogen-bond donors (Lipinski definition) is 1. The molecule has 0 saturated heterocycles. The Balaban J connectivity index is 1.72. The maximum Gasteiger partial charge on any atom is 0.137 e. The van der Waals surface area contributed by atoms with Gasteiger partial charge in [-0.15, -0.1) is 0 Å². The molecule has 0 amide bonds. The van der Waals surface area contributed by atoms with Gasteiger partial charge in [0.05, 0.1) is 23.1 Å². The Morgan fingerprint density at radius 1 is 0.844 bits per heavy atom. The minimum absolute atomic E-state index is 0.194. The Bertz CT molecular complexity index is 1390. The molecule has 162 valence electrons. The van der Waals surface area contributed by atoms with Crippen molar-refractivity contribution in [3.05, 3.63) is 91.8 Å². The first kappa shape index (κ1) is 21.9. The first-order valence-corrected chi connectivity index (χ1v) is 12.1. The highest BCUT2D eigenvalue weighted by molar-refractivity contribution is 9.10. The van der Waals surface area contributed by atoms with Crippen molar-refractivity contribution in [2.75, 3.05) is 0 Å². The van der Waals surface area contributed by atoms with Crippen LogP contribution in [0.5, 0.6) is 0 Å². The minimum Gasteiger partial charge on any atom is -0.381 e. The van der Waals surface area contributed by atoms with Crippen LogP contribution in [0.25, 0.3) is 21.8 Å². The molecule has 0 fully saturated rings. The van der Waals surface area contributed by atoms with Crippen molar-refractivity contribution < 1.29 is 5.11 Å². The first-order chi connectivity index (χ1) is 15.3. The number of hydrogen-bond acceptors (Lipinski definition) is 3. The monoisotopic (exact) mass is 592 g/mol. The number of rotatable bonds is 5. The van der Waals surface area contributed by atoms with Crippen molar-refractivity contribution in [2.24, 2.45) is 0 Å². The molecular formula is C23H16Br2Cl2N4O. The van der Waals surface area contributed by atoms with E-state index in [4.69, 9.17) is 23.2 Å². The van der Waals surface area contributed by atoms with Gasteiger partial charge in [-0.3, -0.25) is 0 Å². The summed E-state index contributed by atoms with van der Waals surface area (Å²) in [6.45, 7) is 0.466. The number of halogens is 4. The van der Waals surface area contributed by atoms with E-state index in [1.807, 2.05) is 12.1 Å². The lowest BCUT2D eigenvalue weighted by Gasteiger charge is -2.30. The normalized spacial score (nSPS) is 13.7. The third-order valence-electron chi connectivity index (χ3n) is 5.56. The highest BCUT2D eigenvalue weighted by Crippen LogP contribution is 2.37. The Morgan fingerprint density at radius 2 is 1.50 bits per heavy atom. The predicted molar refractivity (Wildman–Crippen MR) is 135 cm³/mol. The zero-order valence-corrected chi connectivity index (χ0v) is 21.2. The quantitative estimate of drug-likeness (QED) is 0.243. The van der Waals surface area contributed by atoms with Crippen LogP contribution in [0, 0.1) is 0 Å². The van der Waals surface area contributed by atoms with Crippen molar-refractivity contribution in [2.45, 2.75) is 18.7 Å². The van der Waals surface area contributed by atoms with Gasteiger partial charge >= 0.3 is 0 Å². The van der Waals surface area contributed by atoms with E-state index in [9.17, 15) is 5.11 Å². The molecule has 3 aromatic carbocycles. The van der Waals surface area contributed by atoms with Gasteiger partial charge in [-0.1, -0.05) is 61.1 Å². The lowest BCUT2D eigenvalue weighted by atomic mass is 9.93. The van der Waals surface area contributed by atoms with Crippen molar-refractivity contribution in [1.29, 1.82) is 0 Å². The van der Waals surface area contributed by atoms with Crippen LogP contribution in [0.4, 0.5) is 0 Å². The van der Waals surface area contributed by atoms with E-state index in [-0.39, 0.29) is 13.1 Å². The molecule has 9 heteroatoms. The fraction of sp³-hybridized carbons (Fsp3) is 0.130. The highest BCUT2D eigenvalue weighted by Gasteiger charge is 2.33. The van der Waals surface area contributed by atoms with Crippen LogP contribution in [0.3, 0.4) is 0 Å². The van der Waals surface area contributed by atoms with Gasteiger partial charge in [-0.05, 0) is 54.1 Å². The van der Waals surface area contributed by atoms with E-state index in [0.717, 1.165) is 30.8 Å². The maximum absolute atomic E-state index is 12.0. The molecule has 5 aromatic rings. The number of benzene rings is 3. The van der Waals surface area contributed by atoms with Crippen LogP contribution in [0.15, 0.2) is 76.2 Å². The molecule has 0 aliphatic rings. The second kappa shape index (κ2) is 8.47. The summed E-state index contributed by atoms with van der Waals surface area (Å²) in [5.74, 6) is 0. The fourth-order valence-corrected chi connectivity index (χ4v) is 5.10. The zero-order valence-electron chi connectivity index (χ0n) is 16.5. The lowest BCUT2D eigenvalue weighted by molar-refractivity contribution is -0.000162. The van der Waals surface area contributed by atoms with Gasteiger partial charge in [-0.2, -0.15) is 5.10 Å². The van der Waals surface area contributed by atoms with Crippen molar-refractivity contribution in [3.8, 4) is 0 Å². The molecular weight excluding hydrogens is 579 g/mol. The molecule has 0 spiro atoms. The lowest BCUT2D eigenvalue weighted by Crippen LogP contribution is -2.36. The van der Waals surface area contributed by atoms with Crippen molar-refractivity contribution >= 4 is 76.9 Å². The van der Waals surface area contributed by atoms with E-state index in [2.05, 4.69) is 70.8 Å². The molecule has 2 aromatic heterocycles. The Labute approximate surface area is 210 Å². The molecule has 5 nitrogen and oxygen atoms in total. The van der Waals surface area contributed by atoms with Crippen LogP contribution in [-0.4, -0.2) is 24.4 Å². The summed E-state index contributed by atoms with van der Waals surface area (Å²) < 4.78 is 5.73. The van der Waals surface area contributed by atoms with Crippen molar-refractivity contribution in [1.82, 2.24) is 19.3 Å². The zero-order chi connectivity index (χ0) is 22.5. The Morgan fingerprint density at radius 3 is 2.06 bits per heavy atom. The maximum atomic E-state index is 12.0. The van der Waals surface area contributed by atoms with Crippen LogP contribution in [0.2, 0.25) is 10.0 Å². The molecule has 2 heterocycles. The third kappa shape index (κ3) is 3.97. The van der Waals surface area contributed by atoms with Gasteiger partial charge in [0.2, 0.25) is 0 Å². The van der Waals surface area contributed by atoms with E-state index in [1.165, 1.54) is 6.33 Å². The molecule has 0 bridgehead atoms. The smallest absolute Gasteiger partial charge is 0.137 e. The third-order valence-corrected chi connectivity index (χ3v) is 7.28. The van der Waals surface area contributed by atoms with Gasteiger partial charge in [0, 0.05) is 30.8 Å². The summed E-state index contributed by atoms with van der Waals surface area (Å²) in [5.41, 5.74) is 1.34. The summed E-state index contributed by atoms with van der Waals surface area (Å²) in [6.07, 6.45) is 3.04. The van der Waals surface area contributed by atoms with E-state index in [0.29, 0.717) is 15.6 Å². The van der Waals surface area contributed by atoms with Crippen LogP contribution in [-0.2, 0) is 18.7 Å². The molecule has 32 heavy (non-hydrogen) atoms. The topological polar surface area (TPSA) is 55.9 Å². The molecule has 0 radical (unpaired) electrons. The van der Waals surface area contributed by atoms with Gasteiger partial charge < -0.3 is 9.67 Å². The summed E-state index contributed by atoms with van der Waals surface area (Å²) >= 11 is 19.6. The van der Waals surface area contributed by atoms with Crippen LogP contribution in [0.1, 0.15) is 5.56 Å². The second-order valence-corrected chi connectivity index (χ2v) is 10.3. The Kier molecular flexibility index (Phi) is 5.80. The number of fused-ring (bicyclic) bond motifs is 3. The van der Waals surface area contributed by atoms with Gasteiger partial charge in [0.25, 0.3) is 0 Å². The van der Waals surface area contributed by atoms with Crippen LogP contribution >= 0.6 is 55.1 Å². The summed E-state index contributed by atoms with van der Waals surface area (Å²) in [5, 5.41) is 19.3. The Hall–Kier alpha value is -1.90. The van der Waals surface area contributed by atoms with Gasteiger partial charge in [0.15, 0.2) is 0 Å². The molecule has 0 aliphatic carbocycles. The molecule has 0 aliphatic heterocycles. The fourth-order valence-electron chi connectivity index (χ4n) is 4.08. The summed E-state index contributed by atoms with van der Waals surface area (Å²) in [7, 11) is 0. The average Bonchev–Trinajstić information content (AvgIpc) is 3.36. The molecule has 0 saturated carbocycles. The SMILES string of the molecule is OC(Cn1cncn1)(Cn1c2ccc(Br)cc2c2cc(Br)ccc21)c1ccc(Cl)c(Cl)c1. The second-order valence-electron chi connectivity index (χ2n) is 7.66. The van der Waals surface area contributed by atoms with Crippen LogP contribution < -0.4 is 0 Å². The van der Waals surface area contributed by atoms with E-state index < -0.39 is 5.60 Å². The molecule has 5 rings (SSSR count). The minimum atomic E-state index is -1.33. The number of aliphatic hydroxyl groups is 1. The number of nitrogens with zero attached hydrogens (tertiary/aromatic N) is 4. The largest absolute Gasteiger partial charge is 0.381 e. The summed E-state index contributed by atoms with van der Waals surface area (Å²) in [4.78, 5) is 4.02. The molecule has 1 N–H and O–H groups in total. The molecule has 1 unspecified atom stereocenters. The number of aromatic nitrogens is 4. The summed E-state index contributed by atoms with van der Waals surface area (Å²) in [6, 6.07) is 17.5. The van der Waals surface area contributed by atoms with E-state index >= 15 is 0 Å². The average molecular weight is 595 g/mol. The first-order valence-electron chi connectivity index (χ1n) is 9.71. The standard InChI is InChI=1S/C23H16Br2Cl2N4O/c24-15-2-5-21-17(8-15)18-9-16(25)3-6-22(18)31(21)11-23(32,10-30-13-28-12-29-30)14-1-4-19(26)20(27)7-14/h1-9,12-13,32H,10-11H2. The van der Waals surface area contributed by atoms with Crippen molar-refractivity contribution in [3.63, 3.8) is 0 Å². The highest BCUT2D eigenvalue weighted by atomic mass is 79.9. The van der Waals surface area contributed by atoms with E-state index in [1.54, 1.807) is 29.2 Å².